The highest BCUT2D eigenvalue weighted by Gasteiger charge is 2.38. The summed E-state index contributed by atoms with van der Waals surface area (Å²) in [7, 11) is 4.28. The summed E-state index contributed by atoms with van der Waals surface area (Å²) in [5.74, 6) is 0.877. The van der Waals surface area contributed by atoms with Gasteiger partial charge in [-0.1, -0.05) is 19.8 Å². The van der Waals surface area contributed by atoms with E-state index in [9.17, 15) is 4.79 Å². The summed E-state index contributed by atoms with van der Waals surface area (Å²) >= 11 is 0. The van der Waals surface area contributed by atoms with Gasteiger partial charge in [0.2, 0.25) is 5.91 Å². The van der Waals surface area contributed by atoms with Crippen LogP contribution >= 0.6 is 0 Å². The second-order valence-corrected chi connectivity index (χ2v) is 7.49. The van der Waals surface area contributed by atoms with E-state index >= 15 is 0 Å². The predicted molar refractivity (Wildman–Crippen MR) is 82.4 cm³/mol. The van der Waals surface area contributed by atoms with E-state index in [0.717, 1.165) is 25.3 Å². The Morgan fingerprint density at radius 3 is 2.50 bits per heavy atom. The quantitative estimate of drug-likeness (QED) is 0.809. The largest absolute Gasteiger partial charge is 0.354 e. The van der Waals surface area contributed by atoms with Crippen molar-refractivity contribution in [2.24, 2.45) is 11.7 Å². The Balaban J connectivity index is 1.87. The van der Waals surface area contributed by atoms with Crippen LogP contribution in [0.25, 0.3) is 0 Å². The molecule has 0 aromatic rings. The Labute approximate surface area is 123 Å². The summed E-state index contributed by atoms with van der Waals surface area (Å²) in [6.45, 7) is 3.09. The fourth-order valence-corrected chi connectivity index (χ4v) is 3.81. The van der Waals surface area contributed by atoms with Crippen molar-refractivity contribution in [3.8, 4) is 0 Å². The van der Waals surface area contributed by atoms with Crippen LogP contribution in [0.15, 0.2) is 0 Å². The molecule has 2 atom stereocenters. The number of rotatable bonds is 5. The van der Waals surface area contributed by atoms with Crippen molar-refractivity contribution in [3.63, 3.8) is 0 Å². The van der Waals surface area contributed by atoms with Crippen molar-refractivity contribution < 1.29 is 4.79 Å². The molecule has 2 rings (SSSR count). The minimum atomic E-state index is -0.213. The molecular formula is C16H31N3O. The van der Waals surface area contributed by atoms with Crippen LogP contribution in [-0.4, -0.2) is 42.5 Å². The van der Waals surface area contributed by atoms with Gasteiger partial charge in [0.1, 0.15) is 0 Å². The smallest absolute Gasteiger partial charge is 0.221 e. The molecule has 2 aliphatic carbocycles. The molecule has 2 unspecified atom stereocenters. The lowest BCUT2D eigenvalue weighted by molar-refractivity contribution is -0.123. The molecule has 4 nitrogen and oxygen atoms in total. The number of nitrogens with zero attached hydrogens (tertiary/aromatic N) is 1. The number of nitrogens with two attached hydrogens (primary N) is 1. The second-order valence-electron chi connectivity index (χ2n) is 7.49. The second kappa shape index (κ2) is 6.02. The van der Waals surface area contributed by atoms with E-state index in [0.29, 0.717) is 6.42 Å². The van der Waals surface area contributed by atoms with E-state index in [2.05, 4.69) is 31.2 Å². The molecule has 0 aromatic heterocycles. The van der Waals surface area contributed by atoms with Crippen LogP contribution in [0.4, 0.5) is 0 Å². The molecule has 2 saturated carbocycles. The van der Waals surface area contributed by atoms with Crippen molar-refractivity contribution in [1.82, 2.24) is 10.2 Å². The molecule has 1 amide bonds. The summed E-state index contributed by atoms with van der Waals surface area (Å²) in [5.41, 5.74) is 6.08. The van der Waals surface area contributed by atoms with Gasteiger partial charge in [0.15, 0.2) is 0 Å². The molecule has 0 aliphatic heterocycles. The maximum absolute atomic E-state index is 12.1. The lowest BCUT2D eigenvalue weighted by Crippen LogP contribution is -2.56. The van der Waals surface area contributed by atoms with Crippen LogP contribution in [0.5, 0.6) is 0 Å². The van der Waals surface area contributed by atoms with Gasteiger partial charge in [0.05, 0.1) is 0 Å². The summed E-state index contributed by atoms with van der Waals surface area (Å²) < 4.78 is 0. The lowest BCUT2D eigenvalue weighted by atomic mass is 9.74. The van der Waals surface area contributed by atoms with Gasteiger partial charge in [-0.05, 0) is 52.1 Å². The Kier molecular flexibility index (Phi) is 4.75. The predicted octanol–water partition coefficient (Wildman–Crippen LogP) is 1.88. The van der Waals surface area contributed by atoms with Crippen LogP contribution in [-0.2, 0) is 4.79 Å². The summed E-state index contributed by atoms with van der Waals surface area (Å²) in [4.78, 5) is 14.4. The van der Waals surface area contributed by atoms with Gasteiger partial charge in [-0.3, -0.25) is 4.79 Å². The van der Waals surface area contributed by atoms with Gasteiger partial charge >= 0.3 is 0 Å². The molecule has 4 heteroatoms. The van der Waals surface area contributed by atoms with Crippen LogP contribution in [0.2, 0.25) is 0 Å². The van der Waals surface area contributed by atoms with Gasteiger partial charge in [-0.15, -0.1) is 0 Å². The molecular weight excluding hydrogens is 250 g/mol. The molecule has 2 aliphatic rings. The van der Waals surface area contributed by atoms with Crippen LogP contribution in [0.1, 0.15) is 58.3 Å². The molecule has 0 saturated heterocycles. The molecule has 2 fully saturated rings. The normalized spacial score (nSPS) is 32.8. The summed E-state index contributed by atoms with van der Waals surface area (Å²) in [6.07, 6.45) is 8.58. The number of likely N-dealkylation sites (N-methyl/N-ethyl adjacent to an activating group) is 1. The minimum Gasteiger partial charge on any atom is -0.354 e. The first kappa shape index (κ1) is 15.8. The van der Waals surface area contributed by atoms with Gasteiger partial charge in [-0.25, -0.2) is 0 Å². The van der Waals surface area contributed by atoms with E-state index in [1.807, 2.05) is 0 Å². The van der Waals surface area contributed by atoms with E-state index < -0.39 is 0 Å². The average molecular weight is 281 g/mol. The molecule has 0 spiro atoms. The highest BCUT2D eigenvalue weighted by molar-refractivity contribution is 5.77. The van der Waals surface area contributed by atoms with E-state index in [-0.39, 0.29) is 17.0 Å². The summed E-state index contributed by atoms with van der Waals surface area (Å²) in [5, 5.41) is 3.16. The standard InChI is InChI=1S/C16H31N3O/c1-13-6-4-9-16(10-13,19(2)3)12-18-14(20)11-15(17)7-5-8-15/h13H,4-12,17H2,1-3H3,(H,18,20). The zero-order chi connectivity index (χ0) is 14.8. The average Bonchev–Trinajstić information content (AvgIpc) is 2.34. The van der Waals surface area contributed by atoms with Crippen molar-refractivity contribution in [2.45, 2.75) is 69.4 Å². The molecule has 116 valence electrons. The summed E-state index contributed by atoms with van der Waals surface area (Å²) in [6, 6.07) is 0. The third kappa shape index (κ3) is 3.53. The molecule has 0 aromatic carbocycles. The van der Waals surface area contributed by atoms with Gasteiger partial charge in [0.25, 0.3) is 0 Å². The third-order valence-electron chi connectivity index (χ3n) is 5.49. The number of nitrogens with one attached hydrogen (secondary N) is 1. The molecule has 20 heavy (non-hydrogen) atoms. The number of carbonyl (C=O) groups is 1. The van der Waals surface area contributed by atoms with Crippen molar-refractivity contribution in [3.05, 3.63) is 0 Å². The number of hydrogen-bond donors (Lipinski definition) is 2. The van der Waals surface area contributed by atoms with Crippen molar-refractivity contribution >= 4 is 5.91 Å². The topological polar surface area (TPSA) is 58.4 Å². The Morgan fingerprint density at radius 2 is 2.00 bits per heavy atom. The molecule has 0 bridgehead atoms. The van der Waals surface area contributed by atoms with E-state index in [4.69, 9.17) is 5.73 Å². The van der Waals surface area contributed by atoms with Crippen LogP contribution < -0.4 is 11.1 Å². The van der Waals surface area contributed by atoms with E-state index in [1.54, 1.807) is 0 Å². The Hall–Kier alpha value is -0.610. The number of carbonyl (C=O) groups excluding carboxylic acids is 1. The Morgan fingerprint density at radius 1 is 1.30 bits per heavy atom. The van der Waals surface area contributed by atoms with Crippen LogP contribution in [0.3, 0.4) is 0 Å². The van der Waals surface area contributed by atoms with Crippen LogP contribution in [0, 0.1) is 5.92 Å². The number of hydrogen-bond acceptors (Lipinski definition) is 3. The fourth-order valence-electron chi connectivity index (χ4n) is 3.81. The maximum atomic E-state index is 12.1. The minimum absolute atomic E-state index is 0.131. The molecule has 3 N–H and O–H groups in total. The maximum Gasteiger partial charge on any atom is 0.221 e. The lowest BCUT2D eigenvalue weighted by Gasteiger charge is -2.45. The highest BCUT2D eigenvalue weighted by atomic mass is 16.1. The zero-order valence-corrected chi connectivity index (χ0v) is 13.4. The van der Waals surface area contributed by atoms with Crippen molar-refractivity contribution in [2.75, 3.05) is 20.6 Å². The third-order valence-corrected chi connectivity index (χ3v) is 5.49. The SMILES string of the molecule is CC1CCCC(CNC(=O)CC2(N)CCC2)(N(C)C)C1. The Bertz CT molecular complexity index is 352. The van der Waals surface area contributed by atoms with Gasteiger partial charge < -0.3 is 16.0 Å². The zero-order valence-electron chi connectivity index (χ0n) is 13.4. The van der Waals surface area contributed by atoms with Crippen molar-refractivity contribution in [1.29, 1.82) is 0 Å². The first-order valence-corrected chi connectivity index (χ1v) is 8.08. The number of amides is 1. The molecule has 0 heterocycles. The molecule has 0 radical (unpaired) electrons. The first-order valence-electron chi connectivity index (χ1n) is 8.08. The van der Waals surface area contributed by atoms with E-state index in [1.165, 1.54) is 32.1 Å². The fraction of sp³-hybridized carbons (Fsp3) is 0.938. The first-order chi connectivity index (χ1) is 9.35. The van der Waals surface area contributed by atoms with Gasteiger partial charge in [-0.2, -0.15) is 0 Å². The monoisotopic (exact) mass is 281 g/mol. The highest BCUT2D eigenvalue weighted by Crippen LogP contribution is 2.35. The van der Waals surface area contributed by atoms with Gasteiger partial charge in [0, 0.05) is 24.0 Å².